The minimum absolute atomic E-state index is 0.181. The quantitative estimate of drug-likeness (QED) is 0.789. The Balaban J connectivity index is 1.95. The van der Waals surface area contributed by atoms with Crippen molar-refractivity contribution < 1.29 is 4.79 Å². The number of carbonyl (C=O) groups excluding carboxylic acids is 1. The summed E-state index contributed by atoms with van der Waals surface area (Å²) in [5, 5.41) is 0. The zero-order chi connectivity index (χ0) is 15.0. The standard InChI is InChI=1S/C18H22N2O/c1-13-4-5-14(2)20(13)18-7-6-16-8-10-19(15(3)21)11-9-17(16)12-18/h4-7,12H,8-11H2,1-3H3. The summed E-state index contributed by atoms with van der Waals surface area (Å²) >= 11 is 0. The first-order chi connectivity index (χ1) is 10.1. The first kappa shape index (κ1) is 13.9. The third-order valence-corrected chi connectivity index (χ3v) is 4.47. The van der Waals surface area contributed by atoms with E-state index < -0.39 is 0 Å². The first-order valence-corrected chi connectivity index (χ1v) is 7.59. The molecule has 1 aliphatic rings. The van der Waals surface area contributed by atoms with Crippen molar-refractivity contribution in [2.75, 3.05) is 13.1 Å². The number of carbonyl (C=O) groups is 1. The summed E-state index contributed by atoms with van der Waals surface area (Å²) in [6, 6.07) is 11.0. The van der Waals surface area contributed by atoms with E-state index in [1.165, 1.54) is 28.2 Å². The Hall–Kier alpha value is -2.03. The summed E-state index contributed by atoms with van der Waals surface area (Å²) in [6.07, 6.45) is 1.90. The number of benzene rings is 1. The monoisotopic (exact) mass is 282 g/mol. The van der Waals surface area contributed by atoms with Gasteiger partial charge in [0.25, 0.3) is 0 Å². The Morgan fingerprint density at radius 2 is 1.57 bits per heavy atom. The molecule has 0 bridgehead atoms. The van der Waals surface area contributed by atoms with Crippen LogP contribution < -0.4 is 0 Å². The number of amides is 1. The van der Waals surface area contributed by atoms with Gasteiger partial charge < -0.3 is 9.47 Å². The minimum Gasteiger partial charge on any atom is -0.342 e. The Bertz CT molecular complexity index is 665. The van der Waals surface area contributed by atoms with Crippen LogP contribution in [0.2, 0.25) is 0 Å². The van der Waals surface area contributed by atoms with Crippen LogP contribution in [0.4, 0.5) is 0 Å². The van der Waals surface area contributed by atoms with Crippen LogP contribution in [0.3, 0.4) is 0 Å². The van der Waals surface area contributed by atoms with E-state index in [-0.39, 0.29) is 5.91 Å². The second-order valence-electron chi connectivity index (χ2n) is 5.91. The van der Waals surface area contributed by atoms with Crippen molar-refractivity contribution in [1.29, 1.82) is 0 Å². The second kappa shape index (κ2) is 5.40. The molecule has 1 aromatic heterocycles. The number of aryl methyl sites for hydroxylation is 2. The summed E-state index contributed by atoms with van der Waals surface area (Å²) in [5.74, 6) is 0.181. The molecular formula is C18H22N2O. The molecule has 21 heavy (non-hydrogen) atoms. The average molecular weight is 282 g/mol. The van der Waals surface area contributed by atoms with Gasteiger partial charge in [-0.05, 0) is 62.1 Å². The number of nitrogens with zero attached hydrogens (tertiary/aromatic N) is 2. The molecule has 0 saturated carbocycles. The van der Waals surface area contributed by atoms with Crippen LogP contribution in [-0.2, 0) is 17.6 Å². The highest BCUT2D eigenvalue weighted by molar-refractivity contribution is 5.73. The van der Waals surface area contributed by atoms with E-state index in [4.69, 9.17) is 0 Å². The van der Waals surface area contributed by atoms with Crippen LogP contribution in [0, 0.1) is 13.8 Å². The van der Waals surface area contributed by atoms with Crippen molar-refractivity contribution in [3.63, 3.8) is 0 Å². The predicted molar refractivity (Wildman–Crippen MR) is 84.9 cm³/mol. The Labute approximate surface area is 126 Å². The van der Waals surface area contributed by atoms with Gasteiger partial charge in [-0.2, -0.15) is 0 Å². The molecule has 3 rings (SSSR count). The van der Waals surface area contributed by atoms with Crippen molar-refractivity contribution in [1.82, 2.24) is 9.47 Å². The molecule has 110 valence electrons. The van der Waals surface area contributed by atoms with E-state index >= 15 is 0 Å². The third kappa shape index (κ3) is 2.60. The van der Waals surface area contributed by atoms with Gasteiger partial charge in [-0.25, -0.2) is 0 Å². The molecule has 3 nitrogen and oxygen atoms in total. The van der Waals surface area contributed by atoms with Gasteiger partial charge in [-0.3, -0.25) is 4.79 Å². The third-order valence-electron chi connectivity index (χ3n) is 4.47. The lowest BCUT2D eigenvalue weighted by atomic mass is 10.0. The zero-order valence-corrected chi connectivity index (χ0v) is 13.0. The Morgan fingerprint density at radius 1 is 0.952 bits per heavy atom. The highest BCUT2D eigenvalue weighted by atomic mass is 16.2. The molecule has 0 unspecified atom stereocenters. The molecule has 0 N–H and O–H groups in total. The smallest absolute Gasteiger partial charge is 0.219 e. The largest absolute Gasteiger partial charge is 0.342 e. The van der Waals surface area contributed by atoms with Gasteiger partial charge >= 0.3 is 0 Å². The van der Waals surface area contributed by atoms with Gasteiger partial charge in [0, 0.05) is 37.1 Å². The van der Waals surface area contributed by atoms with E-state index in [0.717, 1.165) is 25.9 Å². The fourth-order valence-corrected chi connectivity index (χ4v) is 3.24. The van der Waals surface area contributed by atoms with E-state index in [2.05, 4.69) is 48.7 Å². The molecule has 2 aromatic rings. The molecule has 1 aliphatic heterocycles. The van der Waals surface area contributed by atoms with Gasteiger partial charge in [0.1, 0.15) is 0 Å². The van der Waals surface area contributed by atoms with E-state index in [1.807, 2.05) is 4.90 Å². The van der Waals surface area contributed by atoms with E-state index in [9.17, 15) is 4.79 Å². The average Bonchev–Trinajstić information content (AvgIpc) is 2.68. The number of hydrogen-bond acceptors (Lipinski definition) is 1. The van der Waals surface area contributed by atoms with Crippen molar-refractivity contribution >= 4 is 5.91 Å². The summed E-state index contributed by atoms with van der Waals surface area (Å²) in [5.41, 5.74) is 6.50. The number of hydrogen-bond donors (Lipinski definition) is 0. The molecule has 0 saturated heterocycles. The van der Waals surface area contributed by atoms with Crippen molar-refractivity contribution in [2.24, 2.45) is 0 Å². The molecule has 0 aliphatic carbocycles. The fraction of sp³-hybridized carbons (Fsp3) is 0.389. The van der Waals surface area contributed by atoms with Crippen LogP contribution >= 0.6 is 0 Å². The van der Waals surface area contributed by atoms with Crippen LogP contribution in [0.15, 0.2) is 30.3 Å². The summed E-state index contributed by atoms with van der Waals surface area (Å²) in [6.45, 7) is 7.60. The molecule has 0 atom stereocenters. The molecular weight excluding hydrogens is 260 g/mol. The van der Waals surface area contributed by atoms with E-state index in [1.54, 1.807) is 6.92 Å². The molecule has 0 radical (unpaired) electrons. The zero-order valence-electron chi connectivity index (χ0n) is 13.0. The highest BCUT2D eigenvalue weighted by Gasteiger charge is 2.16. The maximum Gasteiger partial charge on any atom is 0.219 e. The van der Waals surface area contributed by atoms with Crippen molar-refractivity contribution in [2.45, 2.75) is 33.6 Å². The Morgan fingerprint density at radius 3 is 2.19 bits per heavy atom. The first-order valence-electron chi connectivity index (χ1n) is 7.59. The molecule has 2 heterocycles. The Kier molecular flexibility index (Phi) is 3.58. The normalized spacial score (nSPS) is 14.7. The van der Waals surface area contributed by atoms with Crippen LogP contribution in [0.25, 0.3) is 5.69 Å². The maximum absolute atomic E-state index is 11.6. The SMILES string of the molecule is CC(=O)N1CCc2ccc(-n3c(C)ccc3C)cc2CC1. The lowest BCUT2D eigenvalue weighted by Gasteiger charge is -2.17. The lowest BCUT2D eigenvalue weighted by Crippen LogP contribution is -2.30. The van der Waals surface area contributed by atoms with E-state index in [0.29, 0.717) is 0 Å². The lowest BCUT2D eigenvalue weighted by molar-refractivity contribution is -0.128. The summed E-state index contributed by atoms with van der Waals surface area (Å²) < 4.78 is 2.29. The van der Waals surface area contributed by atoms with Gasteiger partial charge in [-0.1, -0.05) is 6.07 Å². The summed E-state index contributed by atoms with van der Waals surface area (Å²) in [7, 11) is 0. The van der Waals surface area contributed by atoms with Gasteiger partial charge in [0.15, 0.2) is 0 Å². The molecule has 3 heteroatoms. The number of aromatic nitrogens is 1. The van der Waals surface area contributed by atoms with Crippen LogP contribution in [0.1, 0.15) is 29.4 Å². The molecule has 0 spiro atoms. The van der Waals surface area contributed by atoms with Gasteiger partial charge in [0.2, 0.25) is 5.91 Å². The van der Waals surface area contributed by atoms with Crippen LogP contribution in [0.5, 0.6) is 0 Å². The van der Waals surface area contributed by atoms with Gasteiger partial charge in [0.05, 0.1) is 0 Å². The molecule has 1 amide bonds. The van der Waals surface area contributed by atoms with Crippen molar-refractivity contribution in [3.8, 4) is 5.69 Å². The predicted octanol–water partition coefficient (Wildman–Crippen LogP) is 3.04. The fourth-order valence-electron chi connectivity index (χ4n) is 3.24. The second-order valence-corrected chi connectivity index (χ2v) is 5.91. The number of fused-ring (bicyclic) bond motifs is 1. The van der Waals surface area contributed by atoms with Crippen LogP contribution in [-0.4, -0.2) is 28.5 Å². The highest BCUT2D eigenvalue weighted by Crippen LogP contribution is 2.22. The van der Waals surface area contributed by atoms with Gasteiger partial charge in [-0.15, -0.1) is 0 Å². The summed E-state index contributed by atoms with van der Waals surface area (Å²) in [4.78, 5) is 13.5. The molecule has 0 fully saturated rings. The minimum atomic E-state index is 0.181. The van der Waals surface area contributed by atoms with Crippen molar-refractivity contribution in [3.05, 3.63) is 52.8 Å². The maximum atomic E-state index is 11.6. The topological polar surface area (TPSA) is 25.2 Å². The number of rotatable bonds is 1. The molecule has 1 aromatic carbocycles.